The molecule has 0 aromatic heterocycles. The van der Waals surface area contributed by atoms with Crippen LogP contribution in [0.4, 0.5) is 0 Å². The first-order valence-electron chi connectivity index (χ1n) is 5.85. The van der Waals surface area contributed by atoms with E-state index in [-0.39, 0.29) is 0 Å². The van der Waals surface area contributed by atoms with Crippen molar-refractivity contribution in [1.82, 2.24) is 0 Å². The summed E-state index contributed by atoms with van der Waals surface area (Å²) in [4.78, 5) is 0. The van der Waals surface area contributed by atoms with E-state index in [1.54, 1.807) is 0 Å². The molecule has 17 heavy (non-hydrogen) atoms. The Morgan fingerprint density at radius 3 is 2.47 bits per heavy atom. The zero-order valence-corrected chi connectivity index (χ0v) is 11.3. The number of fused-ring (bicyclic) bond motifs is 1. The fraction of sp³-hybridized carbons (Fsp3) is 0.125. The van der Waals surface area contributed by atoms with Gasteiger partial charge in [0.15, 0.2) is 0 Å². The number of allylic oxidation sites excluding steroid dienone is 1. The van der Waals surface area contributed by atoms with E-state index in [2.05, 4.69) is 82.0 Å². The van der Waals surface area contributed by atoms with Crippen molar-refractivity contribution >= 4 is 6.08 Å². The Morgan fingerprint density at radius 1 is 0.941 bits per heavy atom. The van der Waals surface area contributed by atoms with Crippen molar-refractivity contribution in [2.24, 2.45) is 0 Å². The van der Waals surface area contributed by atoms with Gasteiger partial charge in [0.05, 0.1) is 0 Å². The standard InChI is InChI=1S/C16H13.Ti/c1-12-10-14-8-5-9-15(16(14)11-12)13-6-3-2-4-7-13;/h2-11H,1H3;. The average Bonchev–Trinajstić information content (AvgIpc) is 2.67. The molecule has 0 nitrogen and oxygen atoms in total. The molecule has 0 radical (unpaired) electrons. The van der Waals surface area contributed by atoms with Crippen LogP contribution >= 0.6 is 0 Å². The van der Waals surface area contributed by atoms with Gasteiger partial charge in [-0.3, -0.25) is 0 Å². The third-order valence-corrected chi connectivity index (χ3v) is 4.56. The Labute approximate surface area is 114 Å². The summed E-state index contributed by atoms with van der Waals surface area (Å²) in [5, 5.41) is 0. The van der Waals surface area contributed by atoms with Gasteiger partial charge in [0.2, 0.25) is 0 Å². The van der Waals surface area contributed by atoms with E-state index in [1.807, 2.05) is 0 Å². The molecule has 2 aromatic rings. The summed E-state index contributed by atoms with van der Waals surface area (Å²) in [5.41, 5.74) is 6.99. The second-order valence-corrected chi connectivity index (χ2v) is 5.40. The van der Waals surface area contributed by atoms with Crippen LogP contribution < -0.4 is 0 Å². The molecular weight excluding hydrogens is 240 g/mol. The van der Waals surface area contributed by atoms with Crippen LogP contribution in [0.5, 0.6) is 0 Å². The van der Waals surface area contributed by atoms with E-state index in [4.69, 9.17) is 0 Å². The summed E-state index contributed by atoms with van der Waals surface area (Å²) in [6.07, 6.45) is 2.34. The molecule has 1 heteroatoms. The van der Waals surface area contributed by atoms with Gasteiger partial charge < -0.3 is 0 Å². The third-order valence-electron chi connectivity index (χ3n) is 3.36. The average molecular weight is 253 g/mol. The molecule has 81 valence electrons. The summed E-state index contributed by atoms with van der Waals surface area (Å²) >= 11 is 2.28. The fourth-order valence-electron chi connectivity index (χ4n) is 2.42. The van der Waals surface area contributed by atoms with Crippen molar-refractivity contribution in [2.75, 3.05) is 0 Å². The van der Waals surface area contributed by atoms with E-state index in [0.29, 0.717) is 4.22 Å². The molecule has 0 fully saturated rings. The third kappa shape index (κ3) is 1.82. The van der Waals surface area contributed by atoms with Crippen molar-refractivity contribution in [3.05, 3.63) is 65.2 Å². The monoisotopic (exact) mass is 253 g/mol. The van der Waals surface area contributed by atoms with E-state index in [9.17, 15) is 0 Å². The Hall–Kier alpha value is -1.11. The SMILES string of the molecule is CC1=Cc2c(-c3ccccc3)cccc2[CH]1[Ti]. The Morgan fingerprint density at radius 2 is 1.71 bits per heavy atom. The van der Waals surface area contributed by atoms with E-state index >= 15 is 0 Å². The van der Waals surface area contributed by atoms with Gasteiger partial charge in [-0.1, -0.05) is 0 Å². The van der Waals surface area contributed by atoms with Gasteiger partial charge in [-0.25, -0.2) is 0 Å². The van der Waals surface area contributed by atoms with Gasteiger partial charge in [0.25, 0.3) is 0 Å². The fourth-order valence-corrected chi connectivity index (χ4v) is 2.94. The van der Waals surface area contributed by atoms with Gasteiger partial charge in [-0.2, -0.15) is 0 Å². The molecule has 0 saturated heterocycles. The summed E-state index contributed by atoms with van der Waals surface area (Å²) in [5.74, 6) is 0. The molecule has 0 saturated carbocycles. The molecule has 0 spiro atoms. The molecule has 1 aliphatic rings. The molecule has 0 amide bonds. The summed E-state index contributed by atoms with van der Waals surface area (Å²) in [6, 6.07) is 17.3. The molecule has 0 N–H and O–H groups in total. The topological polar surface area (TPSA) is 0 Å². The zero-order chi connectivity index (χ0) is 11.8. The summed E-state index contributed by atoms with van der Waals surface area (Å²) in [7, 11) is 0. The first-order valence-corrected chi connectivity index (χ1v) is 6.75. The van der Waals surface area contributed by atoms with Crippen LogP contribution in [0, 0.1) is 0 Å². The first-order chi connectivity index (χ1) is 8.27. The molecule has 0 bridgehead atoms. The number of hydrogen-bond donors (Lipinski definition) is 0. The maximum absolute atomic E-state index is 2.34. The zero-order valence-electron chi connectivity index (χ0n) is 9.77. The van der Waals surface area contributed by atoms with Crippen molar-refractivity contribution in [3.63, 3.8) is 0 Å². The molecule has 1 atom stereocenters. The molecule has 1 aliphatic carbocycles. The predicted octanol–water partition coefficient (Wildman–Crippen LogP) is 4.36. The van der Waals surface area contributed by atoms with Crippen LogP contribution in [0.25, 0.3) is 17.2 Å². The molecule has 1 unspecified atom stereocenters. The van der Waals surface area contributed by atoms with E-state index < -0.39 is 0 Å². The normalized spacial score (nSPS) is 17.6. The van der Waals surface area contributed by atoms with Crippen LogP contribution in [0.2, 0.25) is 0 Å². The van der Waals surface area contributed by atoms with Crippen molar-refractivity contribution in [1.29, 1.82) is 0 Å². The summed E-state index contributed by atoms with van der Waals surface area (Å²) < 4.78 is 0.564. The Kier molecular flexibility index (Phi) is 2.78. The van der Waals surface area contributed by atoms with Gasteiger partial charge in [0, 0.05) is 0 Å². The maximum atomic E-state index is 2.34. The van der Waals surface area contributed by atoms with Gasteiger partial charge in [-0.15, -0.1) is 0 Å². The number of hydrogen-bond acceptors (Lipinski definition) is 0. The van der Waals surface area contributed by atoms with Crippen molar-refractivity contribution in [3.8, 4) is 11.1 Å². The number of rotatable bonds is 1. The molecule has 0 aliphatic heterocycles. The number of benzene rings is 2. The minimum atomic E-state index is 0.564. The van der Waals surface area contributed by atoms with Crippen LogP contribution in [0.1, 0.15) is 22.3 Å². The molecule has 3 rings (SSSR count). The van der Waals surface area contributed by atoms with Gasteiger partial charge >= 0.3 is 114 Å². The molecule has 0 heterocycles. The second kappa shape index (κ2) is 4.29. The second-order valence-electron chi connectivity index (χ2n) is 4.50. The summed E-state index contributed by atoms with van der Waals surface area (Å²) in [6.45, 7) is 2.22. The molecule has 2 aromatic carbocycles. The van der Waals surface area contributed by atoms with Gasteiger partial charge in [-0.05, 0) is 0 Å². The van der Waals surface area contributed by atoms with E-state index in [1.165, 1.54) is 27.8 Å². The van der Waals surface area contributed by atoms with Crippen LogP contribution in [0.3, 0.4) is 0 Å². The Balaban J connectivity index is 2.22. The van der Waals surface area contributed by atoms with Crippen LogP contribution in [-0.4, -0.2) is 0 Å². The Bertz CT molecular complexity index is 582. The van der Waals surface area contributed by atoms with Crippen LogP contribution in [0.15, 0.2) is 54.1 Å². The molecular formula is C16H13Ti. The van der Waals surface area contributed by atoms with Crippen molar-refractivity contribution in [2.45, 2.75) is 11.1 Å². The predicted molar refractivity (Wildman–Crippen MR) is 68.3 cm³/mol. The minimum absolute atomic E-state index is 0.564. The quantitative estimate of drug-likeness (QED) is 0.662. The van der Waals surface area contributed by atoms with E-state index in [0.717, 1.165) is 0 Å². The van der Waals surface area contributed by atoms with Crippen molar-refractivity contribution < 1.29 is 20.4 Å². The van der Waals surface area contributed by atoms with Crippen LogP contribution in [-0.2, 0) is 20.4 Å². The first kappa shape index (κ1) is 11.0. The van der Waals surface area contributed by atoms with Gasteiger partial charge in [0.1, 0.15) is 0 Å².